The molecule has 0 radical (unpaired) electrons. The molecular formula is C18H23NO8S. The predicted molar refractivity (Wildman–Crippen MR) is 97.3 cm³/mol. The van der Waals surface area contributed by atoms with Gasteiger partial charge in [0, 0.05) is 6.54 Å². The van der Waals surface area contributed by atoms with E-state index < -0.39 is 34.7 Å². The van der Waals surface area contributed by atoms with Gasteiger partial charge in [-0.1, -0.05) is 12.5 Å². The first-order chi connectivity index (χ1) is 13.3. The Kier molecular flexibility index (Phi) is 7.38. The summed E-state index contributed by atoms with van der Waals surface area (Å²) in [5.74, 6) is -2.03. The van der Waals surface area contributed by atoms with Crippen LogP contribution in [0.1, 0.15) is 49.4 Å². The predicted octanol–water partition coefficient (Wildman–Crippen LogP) is 2.41. The fourth-order valence-electron chi connectivity index (χ4n) is 2.91. The van der Waals surface area contributed by atoms with Crippen molar-refractivity contribution in [3.05, 3.63) is 29.8 Å². The van der Waals surface area contributed by atoms with Crippen LogP contribution in [0, 0.1) is 0 Å². The highest BCUT2D eigenvalue weighted by Crippen LogP contribution is 2.21. The molecule has 10 heteroatoms. The Morgan fingerprint density at radius 3 is 2.46 bits per heavy atom. The molecule has 1 aliphatic rings. The molecule has 0 bridgehead atoms. The smallest absolute Gasteiger partial charge is 0.424 e. The van der Waals surface area contributed by atoms with Crippen LogP contribution in [-0.2, 0) is 24.3 Å². The van der Waals surface area contributed by atoms with Crippen molar-refractivity contribution >= 4 is 28.1 Å². The summed E-state index contributed by atoms with van der Waals surface area (Å²) in [7, 11) is -4.34. The standard InChI is InChI=1S/C18H23NO8S/c1-2-19(28(24,25)15-10-6-7-13(11-15)17(21)22)18(23)26-12-16(20)27-14-8-4-3-5-9-14/h6-7,10-11,14H,2-5,8-9,12H2,1H3,(H,21,22). The molecule has 9 nitrogen and oxygen atoms in total. The van der Waals surface area contributed by atoms with Crippen LogP contribution < -0.4 is 0 Å². The largest absolute Gasteiger partial charge is 0.478 e. The van der Waals surface area contributed by atoms with Gasteiger partial charge in [-0.25, -0.2) is 27.1 Å². The normalized spacial score (nSPS) is 14.9. The maximum atomic E-state index is 12.7. The monoisotopic (exact) mass is 413 g/mol. The molecule has 1 aromatic carbocycles. The Morgan fingerprint density at radius 1 is 1.18 bits per heavy atom. The minimum Gasteiger partial charge on any atom is -0.478 e. The van der Waals surface area contributed by atoms with Crippen molar-refractivity contribution in [1.82, 2.24) is 4.31 Å². The number of ether oxygens (including phenoxy) is 2. The van der Waals surface area contributed by atoms with Crippen molar-refractivity contribution in [2.24, 2.45) is 0 Å². The van der Waals surface area contributed by atoms with E-state index in [0.717, 1.165) is 38.2 Å². The minimum absolute atomic E-state index is 0.204. The fraction of sp³-hybridized carbons (Fsp3) is 0.500. The highest BCUT2D eigenvalue weighted by atomic mass is 32.2. The molecule has 0 aliphatic heterocycles. The summed E-state index contributed by atoms with van der Waals surface area (Å²) in [6, 6.07) is 4.62. The minimum atomic E-state index is -4.34. The van der Waals surface area contributed by atoms with Gasteiger partial charge in [0.15, 0.2) is 6.61 Å². The molecule has 1 N–H and O–H groups in total. The van der Waals surface area contributed by atoms with E-state index in [9.17, 15) is 22.8 Å². The first-order valence-electron chi connectivity index (χ1n) is 8.98. The van der Waals surface area contributed by atoms with Crippen molar-refractivity contribution in [3.8, 4) is 0 Å². The SMILES string of the molecule is CCN(C(=O)OCC(=O)OC1CCCCC1)S(=O)(=O)c1cccc(C(=O)O)c1. The average molecular weight is 413 g/mol. The molecule has 0 atom stereocenters. The van der Waals surface area contributed by atoms with Gasteiger partial charge in [-0.3, -0.25) is 0 Å². The molecule has 1 saturated carbocycles. The Labute approximate surface area is 163 Å². The molecule has 1 aliphatic carbocycles. The Balaban J connectivity index is 2.02. The second kappa shape index (κ2) is 9.54. The molecular weight excluding hydrogens is 390 g/mol. The van der Waals surface area contributed by atoms with E-state index in [0.29, 0.717) is 4.31 Å². The van der Waals surface area contributed by atoms with Crippen molar-refractivity contribution in [2.45, 2.75) is 50.0 Å². The third-order valence-electron chi connectivity index (χ3n) is 4.32. The Hall–Kier alpha value is -2.62. The Bertz CT molecular complexity index is 830. The van der Waals surface area contributed by atoms with Crippen molar-refractivity contribution in [3.63, 3.8) is 0 Å². The number of benzene rings is 1. The lowest BCUT2D eigenvalue weighted by atomic mass is 9.98. The van der Waals surface area contributed by atoms with E-state index in [-0.39, 0.29) is 23.1 Å². The van der Waals surface area contributed by atoms with Crippen LogP contribution in [0.25, 0.3) is 0 Å². The van der Waals surface area contributed by atoms with Crippen LogP contribution >= 0.6 is 0 Å². The molecule has 0 heterocycles. The number of amides is 1. The molecule has 0 unspecified atom stereocenters. The number of hydrogen-bond donors (Lipinski definition) is 1. The number of carbonyl (C=O) groups excluding carboxylic acids is 2. The zero-order valence-corrected chi connectivity index (χ0v) is 16.3. The lowest BCUT2D eigenvalue weighted by Crippen LogP contribution is -2.38. The van der Waals surface area contributed by atoms with Crippen molar-refractivity contribution in [1.29, 1.82) is 0 Å². The lowest BCUT2D eigenvalue weighted by Gasteiger charge is -2.23. The van der Waals surface area contributed by atoms with Gasteiger partial charge in [-0.15, -0.1) is 0 Å². The summed E-state index contributed by atoms with van der Waals surface area (Å²) in [6.45, 7) is 0.465. The van der Waals surface area contributed by atoms with E-state index in [1.54, 1.807) is 0 Å². The van der Waals surface area contributed by atoms with Gasteiger partial charge in [-0.05, 0) is 50.8 Å². The molecule has 0 spiro atoms. The summed E-state index contributed by atoms with van der Waals surface area (Å²) in [6.07, 6.45) is 3.11. The van der Waals surface area contributed by atoms with Crippen LogP contribution in [0.15, 0.2) is 29.2 Å². The van der Waals surface area contributed by atoms with E-state index >= 15 is 0 Å². The van der Waals surface area contributed by atoms with E-state index in [4.69, 9.17) is 14.6 Å². The van der Waals surface area contributed by atoms with Crippen LogP contribution in [0.2, 0.25) is 0 Å². The second-order valence-electron chi connectivity index (χ2n) is 6.31. The number of esters is 1. The van der Waals surface area contributed by atoms with Crippen molar-refractivity contribution in [2.75, 3.05) is 13.2 Å². The lowest BCUT2D eigenvalue weighted by molar-refractivity contribution is -0.154. The van der Waals surface area contributed by atoms with E-state index in [1.165, 1.54) is 25.1 Å². The zero-order chi connectivity index (χ0) is 20.7. The van der Waals surface area contributed by atoms with Gasteiger partial charge in [-0.2, -0.15) is 0 Å². The van der Waals surface area contributed by atoms with Crippen LogP contribution in [0.4, 0.5) is 4.79 Å². The van der Waals surface area contributed by atoms with Gasteiger partial charge in [0.1, 0.15) is 6.10 Å². The average Bonchev–Trinajstić information content (AvgIpc) is 2.67. The Morgan fingerprint density at radius 2 is 1.86 bits per heavy atom. The van der Waals surface area contributed by atoms with Crippen LogP contribution in [-0.4, -0.2) is 55.1 Å². The van der Waals surface area contributed by atoms with E-state index in [2.05, 4.69) is 0 Å². The number of hydrogen-bond acceptors (Lipinski definition) is 7. The summed E-state index contributed by atoms with van der Waals surface area (Å²) >= 11 is 0. The summed E-state index contributed by atoms with van der Waals surface area (Å²) in [4.78, 5) is 34.7. The maximum absolute atomic E-state index is 12.7. The second-order valence-corrected chi connectivity index (χ2v) is 8.17. The first kappa shape index (κ1) is 21.7. The molecule has 1 aromatic rings. The molecule has 154 valence electrons. The highest BCUT2D eigenvalue weighted by molar-refractivity contribution is 7.89. The molecule has 28 heavy (non-hydrogen) atoms. The highest BCUT2D eigenvalue weighted by Gasteiger charge is 2.30. The number of nitrogens with zero attached hydrogens (tertiary/aromatic N) is 1. The quantitative estimate of drug-likeness (QED) is 0.675. The number of rotatable bonds is 7. The van der Waals surface area contributed by atoms with Gasteiger partial charge < -0.3 is 14.6 Å². The number of carbonyl (C=O) groups is 3. The number of aromatic carboxylic acids is 1. The van der Waals surface area contributed by atoms with Crippen molar-refractivity contribution < 1.29 is 37.4 Å². The topological polar surface area (TPSA) is 127 Å². The van der Waals surface area contributed by atoms with Gasteiger partial charge in [0.25, 0.3) is 10.0 Å². The number of carboxylic acids is 1. The number of sulfonamides is 1. The maximum Gasteiger partial charge on any atom is 0.424 e. The third-order valence-corrected chi connectivity index (χ3v) is 6.16. The summed E-state index contributed by atoms with van der Waals surface area (Å²) < 4.78 is 35.8. The van der Waals surface area contributed by atoms with Gasteiger partial charge in [0.2, 0.25) is 0 Å². The molecule has 1 amide bonds. The van der Waals surface area contributed by atoms with E-state index in [1.807, 2.05) is 0 Å². The molecule has 1 fully saturated rings. The molecule has 2 rings (SSSR count). The number of carboxylic acid groups (broad SMARTS) is 1. The molecule has 0 saturated heterocycles. The first-order valence-corrected chi connectivity index (χ1v) is 10.4. The van der Waals surface area contributed by atoms with Gasteiger partial charge >= 0.3 is 18.0 Å². The molecule has 0 aromatic heterocycles. The third kappa shape index (κ3) is 5.44. The summed E-state index contributed by atoms with van der Waals surface area (Å²) in [5.41, 5.74) is -0.235. The van der Waals surface area contributed by atoms with Crippen LogP contribution in [0.3, 0.4) is 0 Å². The van der Waals surface area contributed by atoms with Crippen LogP contribution in [0.5, 0.6) is 0 Å². The zero-order valence-electron chi connectivity index (χ0n) is 15.5. The summed E-state index contributed by atoms with van der Waals surface area (Å²) in [5, 5.41) is 9.01. The van der Waals surface area contributed by atoms with Gasteiger partial charge in [0.05, 0.1) is 10.5 Å². The fourth-order valence-corrected chi connectivity index (χ4v) is 4.28.